The summed E-state index contributed by atoms with van der Waals surface area (Å²) >= 11 is 0. The number of nitrogens with zero attached hydrogens (tertiary/aromatic N) is 1. The van der Waals surface area contributed by atoms with Gasteiger partial charge in [-0.25, -0.2) is 0 Å². The Hall–Kier alpha value is -0.570. The van der Waals surface area contributed by atoms with Crippen LogP contribution in [0, 0.1) is 11.8 Å². The maximum absolute atomic E-state index is 11.5. The number of aliphatic hydroxyl groups is 1. The van der Waals surface area contributed by atoms with Gasteiger partial charge >= 0.3 is 0 Å². The number of carbonyl (C=O) groups is 1. The predicted molar refractivity (Wildman–Crippen MR) is 53.7 cm³/mol. The van der Waals surface area contributed by atoms with Crippen molar-refractivity contribution in [3.8, 4) is 0 Å². The Morgan fingerprint density at radius 3 is 2.86 bits per heavy atom. The van der Waals surface area contributed by atoms with Crippen molar-refractivity contribution >= 4 is 5.91 Å². The molecule has 1 saturated carbocycles. The predicted octanol–water partition coefficient (Wildman–Crippen LogP) is 1.02. The van der Waals surface area contributed by atoms with Gasteiger partial charge in [-0.05, 0) is 18.8 Å². The third-order valence-corrected chi connectivity index (χ3v) is 3.72. The molecule has 3 nitrogen and oxygen atoms in total. The molecule has 1 saturated heterocycles. The number of likely N-dealkylation sites (tertiary alicyclic amines) is 1. The molecule has 0 aromatic carbocycles. The molecule has 1 amide bonds. The van der Waals surface area contributed by atoms with E-state index < -0.39 is 0 Å². The lowest BCUT2D eigenvalue weighted by atomic mass is 9.80. The standard InChI is InChI=1S/C11H19NO2/c1-2-11(14)12-6-8-4-3-5-10(13)9(8)7-12/h8-10,13H,2-7H2,1H3/t8-,9+,10?/m0/s1. The summed E-state index contributed by atoms with van der Waals surface area (Å²) in [5, 5.41) is 9.81. The van der Waals surface area contributed by atoms with Gasteiger partial charge in [-0.15, -0.1) is 0 Å². The van der Waals surface area contributed by atoms with Crippen molar-refractivity contribution < 1.29 is 9.90 Å². The first kappa shape index (κ1) is 9.97. The van der Waals surface area contributed by atoms with E-state index in [0.717, 1.165) is 25.9 Å². The number of rotatable bonds is 1. The summed E-state index contributed by atoms with van der Waals surface area (Å²) in [5.74, 6) is 1.17. The highest BCUT2D eigenvalue weighted by atomic mass is 16.3. The van der Waals surface area contributed by atoms with E-state index in [9.17, 15) is 9.90 Å². The first-order chi connectivity index (χ1) is 6.72. The van der Waals surface area contributed by atoms with Crippen molar-refractivity contribution in [3.05, 3.63) is 0 Å². The third kappa shape index (κ3) is 1.65. The van der Waals surface area contributed by atoms with Crippen molar-refractivity contribution in [1.29, 1.82) is 0 Å². The van der Waals surface area contributed by atoms with E-state index in [1.54, 1.807) is 0 Å². The van der Waals surface area contributed by atoms with Gasteiger partial charge in [0.05, 0.1) is 6.10 Å². The zero-order valence-corrected chi connectivity index (χ0v) is 8.78. The summed E-state index contributed by atoms with van der Waals surface area (Å²) < 4.78 is 0. The third-order valence-electron chi connectivity index (χ3n) is 3.72. The second-order valence-electron chi connectivity index (χ2n) is 4.57. The van der Waals surface area contributed by atoms with Crippen LogP contribution in [0.3, 0.4) is 0 Å². The number of carbonyl (C=O) groups excluding carboxylic acids is 1. The fourth-order valence-corrected chi connectivity index (χ4v) is 2.87. The zero-order chi connectivity index (χ0) is 10.1. The number of hydrogen-bond donors (Lipinski definition) is 1. The molecule has 1 aliphatic heterocycles. The van der Waals surface area contributed by atoms with E-state index in [-0.39, 0.29) is 12.0 Å². The van der Waals surface area contributed by atoms with Crippen molar-refractivity contribution in [2.45, 2.75) is 38.7 Å². The molecule has 2 rings (SSSR count). The van der Waals surface area contributed by atoms with E-state index in [4.69, 9.17) is 0 Å². The molecule has 3 atom stereocenters. The summed E-state index contributed by atoms with van der Waals surface area (Å²) in [5.41, 5.74) is 0. The van der Waals surface area contributed by atoms with Crippen molar-refractivity contribution in [2.75, 3.05) is 13.1 Å². The lowest BCUT2D eigenvalue weighted by molar-refractivity contribution is -0.130. The summed E-state index contributed by atoms with van der Waals surface area (Å²) in [6.45, 7) is 3.58. The van der Waals surface area contributed by atoms with Crippen molar-refractivity contribution in [1.82, 2.24) is 4.90 Å². The Balaban J connectivity index is 2.00. The first-order valence-corrected chi connectivity index (χ1v) is 5.68. The van der Waals surface area contributed by atoms with Crippen LogP contribution in [0.15, 0.2) is 0 Å². The Labute approximate surface area is 85.1 Å². The molecule has 80 valence electrons. The highest BCUT2D eigenvalue weighted by Gasteiger charge is 2.40. The van der Waals surface area contributed by atoms with Gasteiger partial charge in [0, 0.05) is 25.4 Å². The molecule has 1 aliphatic carbocycles. The summed E-state index contributed by atoms with van der Waals surface area (Å²) in [4.78, 5) is 13.4. The van der Waals surface area contributed by atoms with E-state index >= 15 is 0 Å². The number of aliphatic hydroxyl groups excluding tert-OH is 1. The van der Waals surface area contributed by atoms with Crippen LogP contribution in [0.4, 0.5) is 0 Å². The van der Waals surface area contributed by atoms with Gasteiger partial charge in [0.2, 0.25) is 5.91 Å². The van der Waals surface area contributed by atoms with Crippen LogP contribution in [0.2, 0.25) is 0 Å². The van der Waals surface area contributed by atoms with E-state index in [1.165, 1.54) is 6.42 Å². The smallest absolute Gasteiger partial charge is 0.222 e. The van der Waals surface area contributed by atoms with Gasteiger partial charge in [-0.1, -0.05) is 13.3 Å². The van der Waals surface area contributed by atoms with Crippen LogP contribution >= 0.6 is 0 Å². The molecule has 0 aromatic heterocycles. The normalized spacial score (nSPS) is 37.0. The molecule has 14 heavy (non-hydrogen) atoms. The van der Waals surface area contributed by atoms with Crippen LogP contribution in [-0.2, 0) is 4.79 Å². The zero-order valence-electron chi connectivity index (χ0n) is 8.78. The summed E-state index contributed by atoms with van der Waals surface area (Å²) in [7, 11) is 0. The van der Waals surface area contributed by atoms with Gasteiger partial charge in [0.1, 0.15) is 0 Å². The lowest BCUT2D eigenvalue weighted by Crippen LogP contribution is -2.32. The van der Waals surface area contributed by atoms with Gasteiger partial charge < -0.3 is 10.0 Å². The highest BCUT2D eigenvalue weighted by molar-refractivity contribution is 5.76. The second kappa shape index (κ2) is 3.89. The minimum Gasteiger partial charge on any atom is -0.393 e. The largest absolute Gasteiger partial charge is 0.393 e. The lowest BCUT2D eigenvalue weighted by Gasteiger charge is -2.28. The van der Waals surface area contributed by atoms with Crippen LogP contribution < -0.4 is 0 Å². The van der Waals surface area contributed by atoms with Gasteiger partial charge in [-0.3, -0.25) is 4.79 Å². The topological polar surface area (TPSA) is 40.5 Å². The average Bonchev–Trinajstić information content (AvgIpc) is 2.62. The van der Waals surface area contributed by atoms with Crippen LogP contribution in [0.25, 0.3) is 0 Å². The number of fused-ring (bicyclic) bond motifs is 1. The molecule has 0 bridgehead atoms. The average molecular weight is 197 g/mol. The molecule has 2 fully saturated rings. The van der Waals surface area contributed by atoms with Gasteiger partial charge in [0.25, 0.3) is 0 Å². The molecule has 1 unspecified atom stereocenters. The van der Waals surface area contributed by atoms with E-state index in [1.807, 2.05) is 11.8 Å². The number of amides is 1. The molecule has 3 heteroatoms. The molecular weight excluding hydrogens is 178 g/mol. The van der Waals surface area contributed by atoms with Crippen LogP contribution in [0.1, 0.15) is 32.6 Å². The number of hydrogen-bond acceptors (Lipinski definition) is 2. The highest BCUT2D eigenvalue weighted by Crippen LogP contribution is 2.36. The Morgan fingerprint density at radius 1 is 1.43 bits per heavy atom. The van der Waals surface area contributed by atoms with E-state index in [2.05, 4.69) is 0 Å². The molecule has 1 N–H and O–H groups in total. The van der Waals surface area contributed by atoms with Crippen molar-refractivity contribution in [3.63, 3.8) is 0 Å². The monoisotopic (exact) mass is 197 g/mol. The summed E-state index contributed by atoms with van der Waals surface area (Å²) in [6.07, 6.45) is 3.67. The fraction of sp³-hybridized carbons (Fsp3) is 0.909. The fourth-order valence-electron chi connectivity index (χ4n) is 2.87. The molecule has 2 aliphatic rings. The summed E-state index contributed by atoms with van der Waals surface area (Å²) in [6, 6.07) is 0. The van der Waals surface area contributed by atoms with Crippen molar-refractivity contribution in [2.24, 2.45) is 11.8 Å². The van der Waals surface area contributed by atoms with Crippen LogP contribution in [0.5, 0.6) is 0 Å². The molecule has 1 heterocycles. The minimum atomic E-state index is -0.164. The second-order valence-corrected chi connectivity index (χ2v) is 4.57. The van der Waals surface area contributed by atoms with Gasteiger partial charge in [-0.2, -0.15) is 0 Å². The molecule has 0 aromatic rings. The Morgan fingerprint density at radius 2 is 2.21 bits per heavy atom. The molecule has 0 spiro atoms. The first-order valence-electron chi connectivity index (χ1n) is 5.68. The Bertz CT molecular complexity index is 229. The van der Waals surface area contributed by atoms with Crippen LogP contribution in [-0.4, -0.2) is 35.1 Å². The quantitative estimate of drug-likeness (QED) is 0.681. The molecule has 0 radical (unpaired) electrons. The minimum absolute atomic E-state index is 0.164. The van der Waals surface area contributed by atoms with E-state index in [0.29, 0.717) is 18.3 Å². The van der Waals surface area contributed by atoms with Gasteiger partial charge in [0.15, 0.2) is 0 Å². The molecular formula is C11H19NO2. The maximum atomic E-state index is 11.5. The SMILES string of the molecule is CCC(=O)N1C[C@@H]2CCCC(O)[C@@H]2C1. The maximum Gasteiger partial charge on any atom is 0.222 e. The Kier molecular flexibility index (Phi) is 2.77.